The molecule has 0 radical (unpaired) electrons. The molecule has 0 atom stereocenters. The van der Waals surface area contributed by atoms with Crippen LogP contribution in [0.2, 0.25) is 0 Å². The molecule has 2 heterocycles. The summed E-state index contributed by atoms with van der Waals surface area (Å²) in [4.78, 5) is 22.6. The number of rotatable bonds is 2. The third-order valence-corrected chi connectivity index (χ3v) is 3.39. The molecule has 21 heavy (non-hydrogen) atoms. The largest absolute Gasteiger partial charge is 0.321 e. The summed E-state index contributed by atoms with van der Waals surface area (Å²) in [6.07, 6.45) is 3.60. The number of carbonyl (C=O) groups is 1. The molecule has 1 aliphatic heterocycles. The number of amides is 1. The Hall–Kier alpha value is -3.02. The van der Waals surface area contributed by atoms with Gasteiger partial charge in [0.25, 0.3) is 11.6 Å². The maximum Gasteiger partial charge on any atom is 0.279 e. The third kappa shape index (κ3) is 2.16. The molecule has 104 valence electrons. The van der Waals surface area contributed by atoms with Crippen molar-refractivity contribution in [3.63, 3.8) is 0 Å². The van der Waals surface area contributed by atoms with Gasteiger partial charge in [0.1, 0.15) is 7.05 Å². The standard InChI is InChI=1S/C15H11N3O3/c1-17-8-3-2-5-10(17)9-12-14-11(15(19)16-12)6-4-7-13(14)18(20)21/h2-9H,1H3/p+1. The van der Waals surface area contributed by atoms with Crippen molar-refractivity contribution in [2.24, 2.45) is 7.05 Å². The normalized spacial score (nSPS) is 14.9. The van der Waals surface area contributed by atoms with Gasteiger partial charge < -0.3 is 5.32 Å². The van der Waals surface area contributed by atoms with E-state index in [0.29, 0.717) is 16.8 Å². The van der Waals surface area contributed by atoms with Gasteiger partial charge in [-0.2, -0.15) is 0 Å². The first kappa shape index (κ1) is 13.0. The lowest BCUT2D eigenvalue weighted by Crippen LogP contribution is -2.31. The van der Waals surface area contributed by atoms with Crippen LogP contribution in [-0.4, -0.2) is 10.8 Å². The maximum absolute atomic E-state index is 11.9. The second-order valence-corrected chi connectivity index (χ2v) is 4.71. The number of carbonyl (C=O) groups excluding carboxylic acids is 1. The maximum atomic E-state index is 11.9. The molecule has 0 saturated carbocycles. The van der Waals surface area contributed by atoms with Gasteiger partial charge in [0.05, 0.1) is 21.7 Å². The van der Waals surface area contributed by atoms with Crippen LogP contribution in [0.15, 0.2) is 42.6 Å². The van der Waals surface area contributed by atoms with Crippen molar-refractivity contribution in [3.05, 3.63) is 69.5 Å². The Morgan fingerprint density at radius 2 is 2.05 bits per heavy atom. The highest BCUT2D eigenvalue weighted by Crippen LogP contribution is 2.33. The molecule has 0 saturated heterocycles. The molecule has 0 unspecified atom stereocenters. The number of fused-ring (bicyclic) bond motifs is 1. The number of nitrogens with one attached hydrogen (secondary N) is 1. The van der Waals surface area contributed by atoms with Gasteiger partial charge in [0, 0.05) is 24.3 Å². The summed E-state index contributed by atoms with van der Waals surface area (Å²) in [5, 5.41) is 13.9. The summed E-state index contributed by atoms with van der Waals surface area (Å²) in [6.45, 7) is 0. The number of nitrogens with zero attached hydrogens (tertiary/aromatic N) is 2. The Morgan fingerprint density at radius 1 is 1.24 bits per heavy atom. The average Bonchev–Trinajstić information content (AvgIpc) is 2.78. The van der Waals surface area contributed by atoms with Gasteiger partial charge in [-0.1, -0.05) is 6.07 Å². The molecule has 1 amide bonds. The van der Waals surface area contributed by atoms with Gasteiger partial charge in [-0.05, 0) is 12.1 Å². The molecule has 1 N–H and O–H groups in total. The van der Waals surface area contributed by atoms with Gasteiger partial charge in [-0.3, -0.25) is 14.9 Å². The quantitative estimate of drug-likeness (QED) is 0.517. The Morgan fingerprint density at radius 3 is 2.76 bits per heavy atom. The molecule has 3 rings (SSSR count). The number of aromatic nitrogens is 1. The van der Waals surface area contributed by atoms with Gasteiger partial charge in [-0.25, -0.2) is 4.57 Å². The van der Waals surface area contributed by atoms with E-state index in [2.05, 4.69) is 5.32 Å². The Kier molecular flexibility index (Phi) is 2.98. The van der Waals surface area contributed by atoms with Crippen molar-refractivity contribution in [3.8, 4) is 0 Å². The molecule has 1 aromatic heterocycles. The summed E-state index contributed by atoms with van der Waals surface area (Å²) in [5.74, 6) is -0.321. The zero-order chi connectivity index (χ0) is 15.0. The van der Waals surface area contributed by atoms with E-state index in [4.69, 9.17) is 0 Å². The van der Waals surface area contributed by atoms with Crippen molar-refractivity contribution in [2.45, 2.75) is 0 Å². The van der Waals surface area contributed by atoms with Crippen LogP contribution in [-0.2, 0) is 7.05 Å². The molecule has 6 heteroatoms. The molecule has 1 aromatic carbocycles. The molecule has 1 aliphatic rings. The number of benzene rings is 1. The van der Waals surface area contributed by atoms with Crippen LogP contribution in [0.1, 0.15) is 21.6 Å². The number of hydrogen-bond donors (Lipinski definition) is 1. The molecule has 0 spiro atoms. The number of nitro benzene ring substituents is 1. The molecule has 0 fully saturated rings. The average molecular weight is 282 g/mol. The smallest absolute Gasteiger partial charge is 0.279 e. The second-order valence-electron chi connectivity index (χ2n) is 4.71. The van der Waals surface area contributed by atoms with Crippen molar-refractivity contribution in [1.82, 2.24) is 5.32 Å². The van der Waals surface area contributed by atoms with Crippen LogP contribution < -0.4 is 9.88 Å². The molecule has 6 nitrogen and oxygen atoms in total. The van der Waals surface area contributed by atoms with Crippen LogP contribution in [0.25, 0.3) is 11.8 Å². The number of hydrogen-bond acceptors (Lipinski definition) is 3. The first-order valence-electron chi connectivity index (χ1n) is 6.33. The van der Waals surface area contributed by atoms with Gasteiger partial charge >= 0.3 is 0 Å². The zero-order valence-corrected chi connectivity index (χ0v) is 11.2. The number of pyridine rings is 1. The highest BCUT2D eigenvalue weighted by atomic mass is 16.6. The summed E-state index contributed by atoms with van der Waals surface area (Å²) in [7, 11) is 1.86. The van der Waals surface area contributed by atoms with E-state index in [1.54, 1.807) is 12.1 Å². The van der Waals surface area contributed by atoms with E-state index in [1.807, 2.05) is 36.0 Å². The van der Waals surface area contributed by atoms with Gasteiger partial charge in [0.2, 0.25) is 5.69 Å². The fraction of sp³-hybridized carbons (Fsp3) is 0.0667. The van der Waals surface area contributed by atoms with Crippen molar-refractivity contribution in [1.29, 1.82) is 0 Å². The Balaban J connectivity index is 2.20. The minimum atomic E-state index is -0.474. The van der Waals surface area contributed by atoms with Crippen molar-refractivity contribution in [2.75, 3.05) is 0 Å². The predicted octanol–water partition coefficient (Wildman–Crippen LogP) is 1.66. The van der Waals surface area contributed by atoms with E-state index in [9.17, 15) is 14.9 Å². The van der Waals surface area contributed by atoms with Crippen molar-refractivity contribution >= 4 is 23.4 Å². The van der Waals surface area contributed by atoms with Crippen LogP contribution in [0, 0.1) is 10.1 Å². The van der Waals surface area contributed by atoms with E-state index < -0.39 is 4.92 Å². The van der Waals surface area contributed by atoms with E-state index >= 15 is 0 Å². The lowest BCUT2D eigenvalue weighted by atomic mass is 10.1. The summed E-state index contributed by atoms with van der Waals surface area (Å²) in [6, 6.07) is 10.1. The minimum absolute atomic E-state index is 0.0734. The fourth-order valence-corrected chi connectivity index (χ4v) is 2.36. The van der Waals surface area contributed by atoms with E-state index in [-0.39, 0.29) is 11.6 Å². The highest BCUT2D eigenvalue weighted by molar-refractivity contribution is 6.13. The monoisotopic (exact) mass is 282 g/mol. The van der Waals surface area contributed by atoms with Crippen LogP contribution >= 0.6 is 0 Å². The van der Waals surface area contributed by atoms with Crippen LogP contribution in [0.4, 0.5) is 5.69 Å². The van der Waals surface area contributed by atoms with E-state index in [1.165, 1.54) is 12.1 Å². The lowest BCUT2D eigenvalue weighted by Gasteiger charge is -2.01. The number of nitro groups is 1. The molecule has 2 aromatic rings. The first-order valence-corrected chi connectivity index (χ1v) is 6.33. The summed E-state index contributed by atoms with van der Waals surface area (Å²) >= 11 is 0. The van der Waals surface area contributed by atoms with Gasteiger partial charge in [0.15, 0.2) is 6.20 Å². The topological polar surface area (TPSA) is 76.1 Å². The van der Waals surface area contributed by atoms with Crippen LogP contribution in [0.5, 0.6) is 0 Å². The van der Waals surface area contributed by atoms with Gasteiger partial charge in [-0.15, -0.1) is 0 Å². The lowest BCUT2D eigenvalue weighted by molar-refractivity contribution is -0.673. The molecular formula is C15H12N3O3+. The summed E-state index contributed by atoms with van der Waals surface area (Å²) < 4.78 is 1.87. The zero-order valence-electron chi connectivity index (χ0n) is 11.2. The first-order chi connectivity index (χ1) is 10.1. The SMILES string of the molecule is C[n+]1ccccc1/C=C1\NC(=O)c2cccc([N+](=O)[O-])c21. The van der Waals surface area contributed by atoms with Crippen molar-refractivity contribution < 1.29 is 14.3 Å². The minimum Gasteiger partial charge on any atom is -0.321 e. The summed E-state index contributed by atoms with van der Waals surface area (Å²) in [5.41, 5.74) is 1.88. The van der Waals surface area contributed by atoms with E-state index in [0.717, 1.165) is 5.69 Å². The Bertz CT molecular complexity index is 797. The fourth-order valence-electron chi connectivity index (χ4n) is 2.36. The third-order valence-electron chi connectivity index (χ3n) is 3.39. The molecule has 0 aliphatic carbocycles. The van der Waals surface area contributed by atoms with Crippen LogP contribution in [0.3, 0.4) is 0 Å². The highest BCUT2D eigenvalue weighted by Gasteiger charge is 2.31. The predicted molar refractivity (Wildman–Crippen MR) is 76.1 cm³/mol. The second kappa shape index (κ2) is 4.82. The number of aryl methyl sites for hydroxylation is 1. The molecule has 0 bridgehead atoms. The molecular weight excluding hydrogens is 270 g/mol. The Labute approximate surface area is 120 Å².